The Morgan fingerprint density at radius 1 is 1.50 bits per heavy atom. The van der Waals surface area contributed by atoms with Crippen LogP contribution in [0.4, 0.5) is 0 Å². The Morgan fingerprint density at radius 2 is 2.35 bits per heavy atom. The van der Waals surface area contributed by atoms with E-state index in [0.717, 1.165) is 26.0 Å². The Kier molecular flexibility index (Phi) is 2.79. The van der Waals surface area contributed by atoms with E-state index in [4.69, 9.17) is 16.3 Å². The van der Waals surface area contributed by atoms with Crippen LogP contribution in [0.15, 0.2) is 18.3 Å². The third-order valence-electron chi connectivity index (χ3n) is 4.75. The molecule has 1 spiro atoms. The summed E-state index contributed by atoms with van der Waals surface area (Å²) in [7, 11) is 0. The molecule has 3 heterocycles. The highest BCUT2D eigenvalue weighted by atomic mass is 35.5. The van der Waals surface area contributed by atoms with E-state index in [-0.39, 0.29) is 17.6 Å². The van der Waals surface area contributed by atoms with Crippen molar-refractivity contribution in [3.8, 4) is 0 Å². The molecule has 20 heavy (non-hydrogen) atoms. The molecule has 2 aliphatic heterocycles. The lowest BCUT2D eigenvalue weighted by Crippen LogP contribution is -2.71. The van der Waals surface area contributed by atoms with E-state index in [0.29, 0.717) is 16.6 Å². The zero-order valence-corrected chi connectivity index (χ0v) is 12.0. The number of nitrogens with zero attached hydrogens (tertiary/aromatic N) is 2. The number of aromatic nitrogens is 1. The van der Waals surface area contributed by atoms with Crippen molar-refractivity contribution in [2.45, 2.75) is 37.3 Å². The van der Waals surface area contributed by atoms with Gasteiger partial charge in [0.2, 0.25) is 0 Å². The van der Waals surface area contributed by atoms with Crippen molar-refractivity contribution in [2.75, 3.05) is 13.2 Å². The first kappa shape index (κ1) is 12.6. The monoisotopic (exact) mass is 292 g/mol. The summed E-state index contributed by atoms with van der Waals surface area (Å²) < 4.78 is 6.00. The summed E-state index contributed by atoms with van der Waals surface area (Å²) >= 11 is 5.88. The summed E-state index contributed by atoms with van der Waals surface area (Å²) in [6.07, 6.45) is 6.23. The highest BCUT2D eigenvalue weighted by molar-refractivity contribution is 6.29. The number of halogens is 1. The topological polar surface area (TPSA) is 42.4 Å². The van der Waals surface area contributed by atoms with Gasteiger partial charge >= 0.3 is 0 Å². The summed E-state index contributed by atoms with van der Waals surface area (Å²) in [4.78, 5) is 18.6. The van der Waals surface area contributed by atoms with E-state index in [2.05, 4.69) is 4.98 Å². The van der Waals surface area contributed by atoms with Crippen LogP contribution in [-0.4, -0.2) is 40.6 Å². The van der Waals surface area contributed by atoms with Gasteiger partial charge in [0.15, 0.2) is 0 Å². The number of pyridine rings is 1. The summed E-state index contributed by atoms with van der Waals surface area (Å²) in [5, 5.41) is 0.367. The number of carbonyl (C=O) groups excluding carboxylic acids is 1. The highest BCUT2D eigenvalue weighted by Crippen LogP contribution is 2.51. The van der Waals surface area contributed by atoms with Crippen molar-refractivity contribution in [3.05, 3.63) is 29.0 Å². The van der Waals surface area contributed by atoms with Gasteiger partial charge in [0.1, 0.15) is 10.8 Å². The molecule has 4 nitrogen and oxygen atoms in total. The van der Waals surface area contributed by atoms with Gasteiger partial charge in [-0.1, -0.05) is 11.6 Å². The number of likely N-dealkylation sites (tertiary alicyclic amines) is 1. The second-order valence-corrected chi connectivity index (χ2v) is 6.49. The number of amides is 1. The Labute approximate surface area is 123 Å². The minimum absolute atomic E-state index is 0.0480. The van der Waals surface area contributed by atoms with Crippen LogP contribution in [0.5, 0.6) is 0 Å². The van der Waals surface area contributed by atoms with Crippen molar-refractivity contribution < 1.29 is 9.53 Å². The molecule has 3 fully saturated rings. The highest BCUT2D eigenvalue weighted by Gasteiger charge is 2.61. The van der Waals surface area contributed by atoms with Crippen LogP contribution in [0.25, 0.3) is 0 Å². The molecule has 2 saturated heterocycles. The second-order valence-electron chi connectivity index (χ2n) is 6.10. The van der Waals surface area contributed by atoms with Gasteiger partial charge in [0.05, 0.1) is 12.6 Å². The van der Waals surface area contributed by atoms with Crippen LogP contribution in [0, 0.1) is 5.92 Å². The molecule has 0 bridgehead atoms. The van der Waals surface area contributed by atoms with Gasteiger partial charge in [0, 0.05) is 18.4 Å². The molecule has 4 rings (SSSR count). The number of ether oxygens (including phenoxy) is 1. The first-order chi connectivity index (χ1) is 9.70. The maximum Gasteiger partial charge on any atom is 0.254 e. The first-order valence-electron chi connectivity index (χ1n) is 7.26. The number of hydrogen-bond donors (Lipinski definition) is 0. The van der Waals surface area contributed by atoms with Crippen molar-refractivity contribution in [1.29, 1.82) is 0 Å². The van der Waals surface area contributed by atoms with Crippen molar-refractivity contribution >= 4 is 17.5 Å². The summed E-state index contributed by atoms with van der Waals surface area (Å²) in [5.74, 6) is 0.690. The molecule has 1 aromatic rings. The number of carbonyl (C=O) groups is 1. The second kappa shape index (κ2) is 4.43. The fraction of sp³-hybridized carbons (Fsp3) is 0.600. The zero-order valence-electron chi connectivity index (χ0n) is 11.2. The van der Waals surface area contributed by atoms with Crippen LogP contribution >= 0.6 is 11.6 Å². The quantitative estimate of drug-likeness (QED) is 0.787. The van der Waals surface area contributed by atoms with Crippen molar-refractivity contribution in [2.24, 2.45) is 5.92 Å². The van der Waals surface area contributed by atoms with Gasteiger partial charge in [-0.15, -0.1) is 0 Å². The molecule has 1 aliphatic carbocycles. The predicted octanol–water partition coefficient (Wildman–Crippen LogP) is 2.52. The third kappa shape index (κ3) is 1.85. The number of rotatable bonds is 2. The van der Waals surface area contributed by atoms with Gasteiger partial charge in [-0.05, 0) is 43.7 Å². The van der Waals surface area contributed by atoms with Gasteiger partial charge in [-0.3, -0.25) is 4.79 Å². The van der Waals surface area contributed by atoms with E-state index >= 15 is 0 Å². The standard InChI is InChI=1S/C15H17ClN2O2/c16-12-8-11(4-6-17-12)14(19)18-9-15(5-1-7-20-15)13(18)10-2-3-10/h4,6,8,10,13H,1-3,5,7,9H2/t13-,15+/m1/s1. The molecule has 0 unspecified atom stereocenters. The van der Waals surface area contributed by atoms with Crippen LogP contribution in [0.2, 0.25) is 5.15 Å². The molecule has 3 aliphatic rings. The maximum absolute atomic E-state index is 12.6. The molecule has 1 saturated carbocycles. The van der Waals surface area contributed by atoms with Crippen LogP contribution in [0.3, 0.4) is 0 Å². The number of hydrogen-bond acceptors (Lipinski definition) is 3. The Bertz CT molecular complexity index is 553. The Morgan fingerprint density at radius 3 is 3.00 bits per heavy atom. The molecule has 2 atom stereocenters. The lowest BCUT2D eigenvalue weighted by Gasteiger charge is -2.55. The van der Waals surface area contributed by atoms with E-state index in [1.165, 1.54) is 12.8 Å². The molecule has 0 N–H and O–H groups in total. The lowest BCUT2D eigenvalue weighted by atomic mass is 9.77. The minimum atomic E-state index is -0.0480. The molecule has 5 heteroatoms. The largest absolute Gasteiger partial charge is 0.371 e. The maximum atomic E-state index is 12.6. The molecule has 0 aromatic carbocycles. The van der Waals surface area contributed by atoms with Gasteiger partial charge in [0.25, 0.3) is 5.91 Å². The minimum Gasteiger partial charge on any atom is -0.371 e. The molecule has 0 radical (unpaired) electrons. The predicted molar refractivity (Wildman–Crippen MR) is 74.7 cm³/mol. The van der Waals surface area contributed by atoms with Crippen molar-refractivity contribution in [1.82, 2.24) is 9.88 Å². The van der Waals surface area contributed by atoms with Crippen molar-refractivity contribution in [3.63, 3.8) is 0 Å². The normalized spacial score (nSPS) is 32.5. The summed E-state index contributed by atoms with van der Waals surface area (Å²) in [6, 6.07) is 3.65. The summed E-state index contributed by atoms with van der Waals surface area (Å²) in [5.41, 5.74) is 0.580. The molecular weight excluding hydrogens is 276 g/mol. The molecule has 106 valence electrons. The third-order valence-corrected chi connectivity index (χ3v) is 4.96. The Balaban J connectivity index is 1.58. The molecular formula is C15H17ClN2O2. The summed E-state index contributed by atoms with van der Waals surface area (Å²) in [6.45, 7) is 1.57. The Hall–Kier alpha value is -1.13. The van der Waals surface area contributed by atoms with Crippen LogP contribution < -0.4 is 0 Å². The van der Waals surface area contributed by atoms with E-state index in [1.807, 2.05) is 4.90 Å². The molecule has 1 amide bonds. The van der Waals surface area contributed by atoms with Crippen LogP contribution in [-0.2, 0) is 4.74 Å². The average molecular weight is 293 g/mol. The van der Waals surface area contributed by atoms with E-state index < -0.39 is 0 Å². The van der Waals surface area contributed by atoms with Crippen LogP contribution in [0.1, 0.15) is 36.0 Å². The van der Waals surface area contributed by atoms with Gasteiger partial charge in [-0.25, -0.2) is 4.98 Å². The lowest BCUT2D eigenvalue weighted by molar-refractivity contribution is -0.149. The van der Waals surface area contributed by atoms with Gasteiger partial charge in [-0.2, -0.15) is 0 Å². The van der Waals surface area contributed by atoms with Gasteiger partial charge < -0.3 is 9.64 Å². The van der Waals surface area contributed by atoms with E-state index in [1.54, 1.807) is 18.3 Å². The fourth-order valence-electron chi connectivity index (χ4n) is 3.72. The average Bonchev–Trinajstić information content (AvgIpc) is 3.09. The smallest absolute Gasteiger partial charge is 0.254 e. The van der Waals surface area contributed by atoms with E-state index in [9.17, 15) is 4.79 Å². The molecule has 1 aromatic heterocycles. The first-order valence-corrected chi connectivity index (χ1v) is 7.64. The fourth-order valence-corrected chi connectivity index (χ4v) is 3.90. The SMILES string of the molecule is O=C(c1ccnc(Cl)c1)N1C[C@@]2(CCCO2)[C@H]1C1CC1. The zero-order chi connectivity index (χ0) is 13.7.